The van der Waals surface area contributed by atoms with Crippen LogP contribution in [0.5, 0.6) is 0 Å². The van der Waals surface area contributed by atoms with Crippen molar-refractivity contribution in [2.24, 2.45) is 0 Å². The maximum Gasteiger partial charge on any atom is 0.221 e. The minimum atomic E-state index is -0.422. The molecule has 0 aliphatic heterocycles. The maximum atomic E-state index is 8.76. The van der Waals surface area contributed by atoms with Crippen molar-refractivity contribution >= 4 is 11.8 Å². The van der Waals surface area contributed by atoms with Crippen LogP contribution in [0.4, 0.5) is 11.8 Å². The summed E-state index contributed by atoms with van der Waals surface area (Å²) in [5.41, 5.74) is 5.33. The van der Waals surface area contributed by atoms with E-state index in [9.17, 15) is 0 Å². The molecular weight excluding hydrogens is 172 g/mol. The van der Waals surface area contributed by atoms with Gasteiger partial charge in [-0.15, -0.1) is 0 Å². The van der Waals surface area contributed by atoms with E-state index < -0.39 is 6.04 Å². The molecule has 0 aliphatic carbocycles. The number of hydrogen-bond acceptors (Lipinski definition) is 6. The Morgan fingerprint density at radius 3 is 2.69 bits per heavy atom. The zero-order chi connectivity index (χ0) is 9.68. The summed E-state index contributed by atoms with van der Waals surface area (Å²) < 4.78 is 0. The van der Waals surface area contributed by atoms with E-state index in [-0.39, 0.29) is 19.2 Å². The van der Waals surface area contributed by atoms with Crippen LogP contribution in [0.1, 0.15) is 0 Å². The van der Waals surface area contributed by atoms with Gasteiger partial charge in [0.1, 0.15) is 5.82 Å². The minimum Gasteiger partial charge on any atom is -0.394 e. The highest BCUT2D eigenvalue weighted by atomic mass is 16.3. The van der Waals surface area contributed by atoms with Gasteiger partial charge in [0, 0.05) is 6.20 Å². The van der Waals surface area contributed by atoms with Crippen LogP contribution >= 0.6 is 0 Å². The van der Waals surface area contributed by atoms with Crippen LogP contribution in [0, 0.1) is 0 Å². The lowest BCUT2D eigenvalue weighted by atomic mass is 10.3. The summed E-state index contributed by atoms with van der Waals surface area (Å²) >= 11 is 0. The molecule has 0 fully saturated rings. The normalized spacial score (nSPS) is 10.4. The first kappa shape index (κ1) is 9.69. The summed E-state index contributed by atoms with van der Waals surface area (Å²) in [6.45, 7) is -0.333. The molecule has 6 heteroatoms. The topological polar surface area (TPSA) is 104 Å². The third-order valence-corrected chi connectivity index (χ3v) is 1.47. The van der Waals surface area contributed by atoms with Gasteiger partial charge in [0.05, 0.1) is 19.3 Å². The largest absolute Gasteiger partial charge is 0.394 e. The van der Waals surface area contributed by atoms with Crippen LogP contribution in [0.3, 0.4) is 0 Å². The standard InChI is InChI=1S/C7H12N4O2/c8-7-9-2-1-6(11-7)10-5(3-12)4-13/h1-2,5,12-13H,3-4H2,(H3,8,9,10,11). The summed E-state index contributed by atoms with van der Waals surface area (Å²) in [5.74, 6) is 0.639. The van der Waals surface area contributed by atoms with Crippen molar-refractivity contribution in [1.29, 1.82) is 0 Å². The Morgan fingerprint density at radius 1 is 1.46 bits per heavy atom. The molecule has 0 spiro atoms. The summed E-state index contributed by atoms with van der Waals surface area (Å²) in [6.07, 6.45) is 1.50. The first-order chi connectivity index (χ1) is 6.26. The quantitative estimate of drug-likeness (QED) is 0.469. The number of nitrogens with two attached hydrogens (primary N) is 1. The Hall–Kier alpha value is -1.40. The van der Waals surface area contributed by atoms with Crippen molar-refractivity contribution < 1.29 is 10.2 Å². The van der Waals surface area contributed by atoms with Gasteiger partial charge in [-0.25, -0.2) is 4.98 Å². The molecule has 1 rings (SSSR count). The Morgan fingerprint density at radius 2 is 2.15 bits per heavy atom. The predicted molar refractivity (Wildman–Crippen MR) is 48.0 cm³/mol. The van der Waals surface area contributed by atoms with E-state index in [1.807, 2.05) is 0 Å². The van der Waals surface area contributed by atoms with Gasteiger partial charge < -0.3 is 21.3 Å². The predicted octanol–water partition coefficient (Wildman–Crippen LogP) is -1.18. The molecule has 0 atom stereocenters. The van der Waals surface area contributed by atoms with Crippen LogP contribution in [-0.4, -0.2) is 39.4 Å². The number of nitrogen functional groups attached to an aromatic ring is 1. The molecule has 5 N–H and O–H groups in total. The molecule has 1 heterocycles. The van der Waals surface area contributed by atoms with E-state index in [0.29, 0.717) is 5.82 Å². The van der Waals surface area contributed by atoms with Crippen molar-refractivity contribution in [1.82, 2.24) is 9.97 Å². The molecule has 13 heavy (non-hydrogen) atoms. The molecule has 0 saturated heterocycles. The van der Waals surface area contributed by atoms with Crippen LogP contribution in [0.2, 0.25) is 0 Å². The molecule has 0 aromatic carbocycles. The van der Waals surface area contributed by atoms with E-state index in [1.165, 1.54) is 6.20 Å². The van der Waals surface area contributed by atoms with Gasteiger partial charge in [0.2, 0.25) is 5.95 Å². The second-order valence-electron chi connectivity index (χ2n) is 2.51. The lowest BCUT2D eigenvalue weighted by Crippen LogP contribution is -2.28. The molecule has 72 valence electrons. The fourth-order valence-corrected chi connectivity index (χ4v) is 0.812. The number of nitrogens with one attached hydrogen (secondary N) is 1. The van der Waals surface area contributed by atoms with Crippen molar-refractivity contribution in [3.05, 3.63) is 12.3 Å². The second kappa shape index (κ2) is 4.58. The smallest absolute Gasteiger partial charge is 0.221 e. The van der Waals surface area contributed by atoms with Gasteiger partial charge in [0.25, 0.3) is 0 Å². The fourth-order valence-electron chi connectivity index (χ4n) is 0.812. The third kappa shape index (κ3) is 2.85. The van der Waals surface area contributed by atoms with E-state index >= 15 is 0 Å². The molecule has 0 aliphatic rings. The Labute approximate surface area is 75.4 Å². The minimum absolute atomic E-state index is 0.152. The molecule has 0 saturated carbocycles. The van der Waals surface area contributed by atoms with E-state index in [0.717, 1.165) is 0 Å². The average molecular weight is 184 g/mol. The molecule has 1 aromatic heterocycles. The number of aliphatic hydroxyl groups is 2. The average Bonchev–Trinajstić information content (AvgIpc) is 2.14. The van der Waals surface area contributed by atoms with Gasteiger partial charge in [0.15, 0.2) is 0 Å². The second-order valence-corrected chi connectivity index (χ2v) is 2.51. The fraction of sp³-hybridized carbons (Fsp3) is 0.429. The Bertz CT molecular complexity index is 264. The molecule has 0 radical (unpaired) electrons. The van der Waals surface area contributed by atoms with Crippen molar-refractivity contribution in [2.75, 3.05) is 24.3 Å². The highest BCUT2D eigenvalue weighted by Crippen LogP contribution is 2.04. The number of rotatable bonds is 4. The zero-order valence-electron chi connectivity index (χ0n) is 7.01. The van der Waals surface area contributed by atoms with Gasteiger partial charge in [-0.05, 0) is 6.07 Å². The lowest BCUT2D eigenvalue weighted by Gasteiger charge is -2.13. The van der Waals surface area contributed by atoms with E-state index in [4.69, 9.17) is 15.9 Å². The zero-order valence-corrected chi connectivity index (χ0v) is 7.01. The van der Waals surface area contributed by atoms with Crippen LogP contribution in [-0.2, 0) is 0 Å². The summed E-state index contributed by atoms with van der Waals surface area (Å²) in [7, 11) is 0. The number of hydrogen-bond donors (Lipinski definition) is 4. The molecule has 0 bridgehead atoms. The first-order valence-electron chi connectivity index (χ1n) is 3.83. The number of aromatic nitrogens is 2. The van der Waals surface area contributed by atoms with E-state index in [1.54, 1.807) is 6.07 Å². The molecule has 0 unspecified atom stereocenters. The van der Waals surface area contributed by atoms with Crippen LogP contribution in [0.25, 0.3) is 0 Å². The van der Waals surface area contributed by atoms with Crippen LogP contribution < -0.4 is 11.1 Å². The molecular formula is C7H12N4O2. The molecule has 1 aromatic rings. The third-order valence-electron chi connectivity index (χ3n) is 1.47. The van der Waals surface area contributed by atoms with Crippen molar-refractivity contribution in [3.63, 3.8) is 0 Å². The highest BCUT2D eigenvalue weighted by Gasteiger charge is 2.05. The van der Waals surface area contributed by atoms with Gasteiger partial charge >= 0.3 is 0 Å². The monoisotopic (exact) mass is 184 g/mol. The molecule has 6 nitrogen and oxygen atoms in total. The summed E-state index contributed by atoms with van der Waals surface area (Å²) in [6, 6.07) is 1.18. The first-order valence-corrected chi connectivity index (χ1v) is 3.83. The number of anilines is 2. The summed E-state index contributed by atoms with van der Waals surface area (Å²) in [5, 5.41) is 20.3. The Kier molecular flexibility index (Phi) is 3.41. The Balaban J connectivity index is 2.62. The lowest BCUT2D eigenvalue weighted by molar-refractivity contribution is 0.203. The highest BCUT2D eigenvalue weighted by molar-refractivity contribution is 5.38. The summed E-state index contributed by atoms with van der Waals surface area (Å²) in [4.78, 5) is 7.54. The van der Waals surface area contributed by atoms with Crippen molar-refractivity contribution in [2.45, 2.75) is 6.04 Å². The number of nitrogens with zero attached hydrogens (tertiary/aromatic N) is 2. The van der Waals surface area contributed by atoms with Gasteiger partial charge in [-0.1, -0.05) is 0 Å². The van der Waals surface area contributed by atoms with E-state index in [2.05, 4.69) is 15.3 Å². The number of aliphatic hydroxyl groups excluding tert-OH is 2. The SMILES string of the molecule is Nc1nccc(NC(CO)CO)n1. The van der Waals surface area contributed by atoms with Crippen LogP contribution in [0.15, 0.2) is 12.3 Å². The van der Waals surface area contributed by atoms with Gasteiger partial charge in [-0.3, -0.25) is 0 Å². The maximum absolute atomic E-state index is 8.76. The van der Waals surface area contributed by atoms with Crippen molar-refractivity contribution in [3.8, 4) is 0 Å². The van der Waals surface area contributed by atoms with Gasteiger partial charge in [-0.2, -0.15) is 4.98 Å². The molecule has 0 amide bonds.